The van der Waals surface area contributed by atoms with E-state index >= 15 is 4.39 Å². The van der Waals surface area contributed by atoms with Gasteiger partial charge in [-0.2, -0.15) is 9.97 Å². The maximum absolute atomic E-state index is 15.2. The second-order valence-corrected chi connectivity index (χ2v) is 16.5. The van der Waals surface area contributed by atoms with E-state index in [9.17, 15) is 4.79 Å². The minimum atomic E-state index is -0.608. The number of ether oxygens (including phenoxy) is 4. The number of carbonyl (C=O) groups excluding carboxylic acids is 1. The number of methoxy groups -OCH3 is 1. The van der Waals surface area contributed by atoms with Gasteiger partial charge in [0.2, 0.25) is 0 Å². The molecule has 0 aliphatic carbocycles. The minimum absolute atomic E-state index is 0.00685. The SMILES string of the molecule is C#Cc1c(F)ccc2cc(OCOC)cc(-c3ncc4c(N5C[C@H]6CC[C@@H](C5)N6C(=O)OC(C)(C)C)nc(OCC56CC(=C)CN5CC(=C)C6)nc4c3Cl)c12. The van der Waals surface area contributed by atoms with E-state index in [1.165, 1.54) is 13.2 Å². The van der Waals surface area contributed by atoms with Gasteiger partial charge in [-0.05, 0) is 70.0 Å². The molecular formula is C42H44ClFN6O5. The normalized spacial score (nSPS) is 20.7. The van der Waals surface area contributed by atoms with E-state index in [4.69, 9.17) is 51.9 Å². The largest absolute Gasteiger partial charge is 0.468 e. The standard InChI is InChI=1S/C42H44ClFN6O5/c1-8-30-33(44)12-9-26-13-29(54-23-52-7)14-31(34(26)30)36-35(43)37-32(17-45-36)38(48-20-27-10-11-28(21-48)50(27)40(51)55-41(4,5)6)47-39(46-37)53-22-42-15-24(2)18-49(42)19-25(3)16-42/h1,9,12-14,17,27-28H,2-3,10-11,15-16,18-23H2,4-7H3/t27-,28+. The molecule has 0 radical (unpaired) electrons. The number of hydrogen-bond acceptors (Lipinski definition) is 10. The van der Waals surface area contributed by atoms with Gasteiger partial charge in [-0.3, -0.25) is 14.8 Å². The van der Waals surface area contributed by atoms with Crippen LogP contribution in [-0.4, -0.2) is 101 Å². The quantitative estimate of drug-likeness (QED) is 0.102. The van der Waals surface area contributed by atoms with Crippen molar-refractivity contribution in [3.63, 3.8) is 0 Å². The van der Waals surface area contributed by atoms with Crippen molar-refractivity contribution in [2.24, 2.45) is 0 Å². The Kier molecular flexibility index (Phi) is 9.39. The molecule has 2 bridgehead atoms. The van der Waals surface area contributed by atoms with Crippen molar-refractivity contribution in [1.29, 1.82) is 0 Å². The Morgan fingerprint density at radius 2 is 1.80 bits per heavy atom. The molecule has 4 aliphatic rings. The third kappa shape index (κ3) is 6.72. The van der Waals surface area contributed by atoms with Crippen LogP contribution >= 0.6 is 11.6 Å². The van der Waals surface area contributed by atoms with Crippen LogP contribution in [0.4, 0.5) is 15.0 Å². The van der Waals surface area contributed by atoms with Crippen LogP contribution in [0.5, 0.6) is 11.8 Å². The summed E-state index contributed by atoms with van der Waals surface area (Å²) in [4.78, 5) is 34.6. The van der Waals surface area contributed by atoms with Crippen LogP contribution in [0.2, 0.25) is 5.02 Å². The Labute approximate surface area is 325 Å². The lowest BCUT2D eigenvalue weighted by Crippen LogP contribution is -2.57. The summed E-state index contributed by atoms with van der Waals surface area (Å²) < 4.78 is 38.6. The summed E-state index contributed by atoms with van der Waals surface area (Å²) in [5, 5.41) is 1.92. The zero-order valence-electron chi connectivity index (χ0n) is 31.6. The molecule has 4 aliphatic heterocycles. The number of halogens is 2. The first-order valence-electron chi connectivity index (χ1n) is 18.5. The Morgan fingerprint density at radius 3 is 2.45 bits per heavy atom. The van der Waals surface area contributed by atoms with Crippen molar-refractivity contribution in [3.8, 4) is 35.4 Å². The topological polar surface area (TPSA) is 102 Å². The summed E-state index contributed by atoms with van der Waals surface area (Å²) in [6.07, 6.45) is 10.5. The molecule has 4 fully saturated rings. The summed E-state index contributed by atoms with van der Waals surface area (Å²) in [5.74, 6) is 3.03. The summed E-state index contributed by atoms with van der Waals surface area (Å²) in [7, 11) is 1.53. The van der Waals surface area contributed by atoms with Gasteiger partial charge in [0.05, 0.1) is 39.3 Å². The molecule has 0 unspecified atom stereocenters. The lowest BCUT2D eigenvalue weighted by atomic mass is 9.92. The van der Waals surface area contributed by atoms with Gasteiger partial charge in [0.25, 0.3) is 0 Å². The van der Waals surface area contributed by atoms with E-state index in [-0.39, 0.29) is 47.1 Å². The highest BCUT2D eigenvalue weighted by Gasteiger charge is 2.48. The maximum atomic E-state index is 15.2. The predicted molar refractivity (Wildman–Crippen MR) is 210 cm³/mol. The number of rotatable bonds is 8. The monoisotopic (exact) mass is 766 g/mol. The first kappa shape index (κ1) is 37.0. The molecule has 4 saturated heterocycles. The van der Waals surface area contributed by atoms with E-state index in [1.807, 2.05) is 25.7 Å². The van der Waals surface area contributed by atoms with E-state index in [0.717, 1.165) is 49.9 Å². The smallest absolute Gasteiger partial charge is 0.410 e. The van der Waals surface area contributed by atoms with E-state index in [2.05, 4.69) is 28.9 Å². The van der Waals surface area contributed by atoms with Crippen molar-refractivity contribution in [2.75, 3.05) is 51.6 Å². The van der Waals surface area contributed by atoms with Gasteiger partial charge in [0.15, 0.2) is 6.79 Å². The van der Waals surface area contributed by atoms with Gasteiger partial charge in [0.1, 0.15) is 35.1 Å². The van der Waals surface area contributed by atoms with Crippen molar-refractivity contribution in [2.45, 2.75) is 69.7 Å². The molecule has 0 N–H and O–H groups in total. The molecule has 11 nitrogen and oxygen atoms in total. The van der Waals surface area contributed by atoms with Gasteiger partial charge < -0.3 is 23.8 Å². The number of nitrogens with zero attached hydrogens (tertiary/aromatic N) is 6. The average Bonchev–Trinajstić information content (AvgIpc) is 3.71. The maximum Gasteiger partial charge on any atom is 0.410 e. The summed E-state index contributed by atoms with van der Waals surface area (Å²) in [6.45, 7) is 17.1. The number of benzene rings is 2. The molecule has 2 atom stereocenters. The van der Waals surface area contributed by atoms with Gasteiger partial charge in [0, 0.05) is 50.4 Å². The molecule has 2 aromatic heterocycles. The summed E-state index contributed by atoms with van der Waals surface area (Å²) >= 11 is 7.36. The second-order valence-electron chi connectivity index (χ2n) is 16.1. The first-order valence-corrected chi connectivity index (χ1v) is 18.8. The number of pyridine rings is 1. The van der Waals surface area contributed by atoms with Crippen LogP contribution in [0.3, 0.4) is 0 Å². The number of piperazine rings is 1. The van der Waals surface area contributed by atoms with Gasteiger partial charge in [-0.1, -0.05) is 47.9 Å². The van der Waals surface area contributed by atoms with Crippen molar-refractivity contribution in [3.05, 3.63) is 71.2 Å². The van der Waals surface area contributed by atoms with Gasteiger partial charge in [-0.15, -0.1) is 6.42 Å². The highest BCUT2D eigenvalue weighted by atomic mass is 35.5. The van der Waals surface area contributed by atoms with Crippen LogP contribution in [0.25, 0.3) is 32.9 Å². The molecule has 55 heavy (non-hydrogen) atoms. The number of anilines is 1. The lowest BCUT2D eigenvalue weighted by Gasteiger charge is -2.42. The number of carbonyl (C=O) groups is 1. The third-order valence-corrected chi connectivity index (χ3v) is 11.3. The molecular weight excluding hydrogens is 723 g/mol. The highest BCUT2D eigenvalue weighted by molar-refractivity contribution is 6.38. The number of fused-ring (bicyclic) bond motifs is 5. The van der Waals surface area contributed by atoms with Crippen molar-refractivity contribution < 1.29 is 28.1 Å². The van der Waals surface area contributed by atoms with E-state index in [1.54, 1.807) is 24.4 Å². The van der Waals surface area contributed by atoms with Crippen molar-refractivity contribution in [1.82, 2.24) is 24.8 Å². The highest BCUT2D eigenvalue weighted by Crippen LogP contribution is 2.45. The fraction of sp³-hybridized carbons (Fsp3) is 0.429. The average molecular weight is 767 g/mol. The zero-order chi connectivity index (χ0) is 38.8. The third-order valence-electron chi connectivity index (χ3n) is 10.9. The number of terminal acetylenes is 1. The molecule has 1 amide bonds. The number of aromatic nitrogens is 3. The molecule has 286 valence electrons. The Hall–Kier alpha value is -4.96. The summed E-state index contributed by atoms with van der Waals surface area (Å²) in [5.41, 5.74) is 2.70. The van der Waals surface area contributed by atoms with Crippen LogP contribution in [-0.2, 0) is 9.47 Å². The lowest BCUT2D eigenvalue weighted by molar-refractivity contribution is 0.0122. The van der Waals surface area contributed by atoms with Gasteiger partial charge >= 0.3 is 12.1 Å². The molecule has 6 heterocycles. The van der Waals surface area contributed by atoms with E-state index in [0.29, 0.717) is 64.2 Å². The second kappa shape index (κ2) is 14.0. The molecule has 0 spiro atoms. The van der Waals surface area contributed by atoms with E-state index < -0.39 is 11.4 Å². The zero-order valence-corrected chi connectivity index (χ0v) is 32.3. The Balaban J connectivity index is 1.25. The molecule has 8 rings (SSSR count). The first-order chi connectivity index (χ1) is 26.3. The Bertz CT molecular complexity index is 2270. The Morgan fingerprint density at radius 1 is 1.09 bits per heavy atom. The molecule has 0 saturated carbocycles. The predicted octanol–water partition coefficient (Wildman–Crippen LogP) is 7.53. The fourth-order valence-corrected chi connectivity index (χ4v) is 9.10. The number of amides is 1. The number of hydrogen-bond donors (Lipinski definition) is 0. The van der Waals surface area contributed by atoms with Crippen LogP contribution in [0.15, 0.2) is 54.8 Å². The minimum Gasteiger partial charge on any atom is -0.468 e. The summed E-state index contributed by atoms with van der Waals surface area (Å²) in [6, 6.07) is 6.46. The molecule has 4 aromatic rings. The van der Waals surface area contributed by atoms with Crippen molar-refractivity contribution >= 4 is 45.2 Å². The van der Waals surface area contributed by atoms with Gasteiger partial charge in [-0.25, -0.2) is 9.18 Å². The van der Waals surface area contributed by atoms with Crippen LogP contribution < -0.4 is 14.4 Å². The molecule has 2 aromatic carbocycles. The van der Waals surface area contributed by atoms with Crippen LogP contribution in [0.1, 0.15) is 52.0 Å². The molecule has 13 heteroatoms. The van der Waals surface area contributed by atoms with Crippen LogP contribution in [0, 0.1) is 18.2 Å². The fourth-order valence-electron chi connectivity index (χ4n) is 8.81.